The lowest BCUT2D eigenvalue weighted by Crippen LogP contribution is -2.04. The Morgan fingerprint density at radius 1 is 0.969 bits per heavy atom. The van der Waals surface area contributed by atoms with E-state index in [-0.39, 0.29) is 5.82 Å². The quantitative estimate of drug-likeness (QED) is 0.417. The van der Waals surface area contributed by atoms with Gasteiger partial charge in [-0.2, -0.15) is 13.2 Å². The van der Waals surface area contributed by atoms with Gasteiger partial charge in [-0.25, -0.2) is 4.98 Å². The zero-order valence-electron chi connectivity index (χ0n) is 17.8. The fourth-order valence-corrected chi connectivity index (χ4v) is 3.69. The molecular weight excluding hydrogens is 419 g/mol. The van der Waals surface area contributed by atoms with Gasteiger partial charge in [0.05, 0.1) is 19.8 Å². The Labute approximate surface area is 183 Å². The number of methoxy groups -OCH3 is 2. The van der Waals surface area contributed by atoms with E-state index in [2.05, 4.69) is 9.97 Å². The molecule has 0 bridgehead atoms. The summed E-state index contributed by atoms with van der Waals surface area (Å²) in [6.07, 6.45) is -0.941. The van der Waals surface area contributed by atoms with Gasteiger partial charge in [0.1, 0.15) is 17.3 Å². The largest absolute Gasteiger partial charge is 0.496 e. The molecule has 0 fully saturated rings. The van der Waals surface area contributed by atoms with Gasteiger partial charge in [-0.1, -0.05) is 30.3 Å². The number of imidazole rings is 1. The lowest BCUT2D eigenvalue weighted by Gasteiger charge is -2.11. The van der Waals surface area contributed by atoms with Crippen molar-refractivity contribution in [1.82, 2.24) is 14.5 Å². The Hall–Kier alpha value is -3.68. The highest BCUT2D eigenvalue weighted by Crippen LogP contribution is 2.38. The van der Waals surface area contributed by atoms with Crippen LogP contribution in [0.15, 0.2) is 60.9 Å². The van der Waals surface area contributed by atoms with Crippen LogP contribution in [0.4, 0.5) is 13.2 Å². The first-order valence-electron chi connectivity index (χ1n) is 9.88. The number of benzene rings is 2. The number of nitrogens with one attached hydrogen (secondary N) is 1. The second-order valence-corrected chi connectivity index (χ2v) is 7.38. The molecule has 0 aliphatic rings. The van der Waals surface area contributed by atoms with E-state index in [0.717, 1.165) is 28.6 Å². The number of aryl methyl sites for hydroxylation is 1. The Morgan fingerprint density at radius 3 is 2.19 bits per heavy atom. The first kappa shape index (κ1) is 21.5. The third kappa shape index (κ3) is 4.21. The summed E-state index contributed by atoms with van der Waals surface area (Å²) in [4.78, 5) is 7.02. The molecule has 0 amide bonds. The molecule has 5 nitrogen and oxygen atoms in total. The molecule has 4 rings (SSSR count). The van der Waals surface area contributed by atoms with Crippen molar-refractivity contribution < 1.29 is 22.6 Å². The van der Waals surface area contributed by atoms with Gasteiger partial charge >= 0.3 is 6.18 Å². The van der Waals surface area contributed by atoms with Crippen LogP contribution in [0.3, 0.4) is 0 Å². The minimum absolute atomic E-state index is 0.273. The van der Waals surface area contributed by atoms with E-state index < -0.39 is 11.9 Å². The first-order valence-corrected chi connectivity index (χ1v) is 9.88. The zero-order chi connectivity index (χ0) is 22.9. The molecule has 0 radical (unpaired) electrons. The average Bonchev–Trinajstić information content (AvgIpc) is 3.40. The van der Waals surface area contributed by atoms with E-state index in [1.165, 1.54) is 4.57 Å². The monoisotopic (exact) mass is 441 g/mol. The molecule has 0 saturated heterocycles. The fraction of sp³-hybridized carbons (Fsp3) is 0.208. The SMILES string of the molecule is COc1cccc(OC)c1-c1c[nH]c(Cc2ccc(-c3nc(C(F)(F)F)cn3C)cc2)c1. The van der Waals surface area contributed by atoms with E-state index in [1.54, 1.807) is 33.4 Å². The molecule has 2 aromatic carbocycles. The fourth-order valence-electron chi connectivity index (χ4n) is 3.69. The maximum atomic E-state index is 12.9. The highest BCUT2D eigenvalue weighted by Gasteiger charge is 2.34. The number of alkyl halides is 3. The molecule has 2 heterocycles. The highest BCUT2D eigenvalue weighted by atomic mass is 19.4. The number of ether oxygens (including phenoxy) is 2. The van der Waals surface area contributed by atoms with E-state index >= 15 is 0 Å². The molecule has 0 spiro atoms. The summed E-state index contributed by atoms with van der Waals surface area (Å²) in [5.41, 5.74) is 3.53. The van der Waals surface area contributed by atoms with Crippen molar-refractivity contribution in [3.63, 3.8) is 0 Å². The highest BCUT2D eigenvalue weighted by molar-refractivity contribution is 5.77. The van der Waals surface area contributed by atoms with Crippen LogP contribution in [0.1, 0.15) is 17.0 Å². The van der Waals surface area contributed by atoms with Gasteiger partial charge in [-0.3, -0.25) is 0 Å². The summed E-state index contributed by atoms with van der Waals surface area (Å²) in [5, 5.41) is 0. The standard InChI is InChI=1S/C24H22F3N3O2/c1-30-14-21(24(25,26)27)29-23(30)16-9-7-15(8-10-16)11-18-12-17(13-28-18)22-19(31-2)5-4-6-20(22)32-3/h4-10,12-14,28H,11H2,1-3H3. The summed E-state index contributed by atoms with van der Waals surface area (Å²) >= 11 is 0. The van der Waals surface area contributed by atoms with Crippen LogP contribution in [0.25, 0.3) is 22.5 Å². The minimum atomic E-state index is -4.47. The minimum Gasteiger partial charge on any atom is -0.496 e. The Kier molecular flexibility index (Phi) is 5.69. The molecule has 8 heteroatoms. The second-order valence-electron chi connectivity index (χ2n) is 7.38. The van der Waals surface area contributed by atoms with Crippen LogP contribution in [-0.4, -0.2) is 28.8 Å². The Bertz CT molecular complexity index is 1200. The molecule has 0 saturated carbocycles. The van der Waals surface area contributed by atoms with Crippen LogP contribution < -0.4 is 9.47 Å². The number of rotatable bonds is 6. The topological polar surface area (TPSA) is 52.1 Å². The number of nitrogens with zero attached hydrogens (tertiary/aromatic N) is 2. The molecule has 0 unspecified atom stereocenters. The van der Waals surface area contributed by atoms with E-state index in [9.17, 15) is 13.2 Å². The van der Waals surface area contributed by atoms with E-state index in [0.29, 0.717) is 23.5 Å². The number of hydrogen-bond donors (Lipinski definition) is 1. The predicted octanol–water partition coefficient (Wildman–Crippen LogP) is 5.71. The van der Waals surface area contributed by atoms with Gasteiger partial charge in [0, 0.05) is 42.7 Å². The lowest BCUT2D eigenvalue weighted by atomic mass is 10.0. The van der Waals surface area contributed by atoms with Gasteiger partial charge in [0.2, 0.25) is 0 Å². The number of aromatic amines is 1. The van der Waals surface area contributed by atoms with E-state index in [4.69, 9.17) is 9.47 Å². The summed E-state index contributed by atoms with van der Waals surface area (Å²) < 4.78 is 51.1. The van der Waals surface area contributed by atoms with Crippen LogP contribution in [0.2, 0.25) is 0 Å². The van der Waals surface area contributed by atoms with Crippen molar-refractivity contribution >= 4 is 0 Å². The maximum Gasteiger partial charge on any atom is 0.434 e. The molecule has 0 atom stereocenters. The lowest BCUT2D eigenvalue weighted by molar-refractivity contribution is -0.140. The summed E-state index contributed by atoms with van der Waals surface area (Å²) in [7, 11) is 4.79. The Balaban J connectivity index is 1.55. The van der Waals surface area contributed by atoms with Gasteiger partial charge in [0.25, 0.3) is 0 Å². The van der Waals surface area contributed by atoms with E-state index in [1.807, 2.05) is 42.6 Å². The van der Waals surface area contributed by atoms with Gasteiger partial charge in [0.15, 0.2) is 5.69 Å². The molecule has 1 N–H and O–H groups in total. The second kappa shape index (κ2) is 8.45. The number of aromatic nitrogens is 3. The van der Waals surface area contributed by atoms with Gasteiger partial charge in [-0.05, 0) is 23.8 Å². The Morgan fingerprint density at radius 2 is 1.62 bits per heavy atom. The van der Waals surface area contributed by atoms with Gasteiger partial charge in [-0.15, -0.1) is 0 Å². The molecule has 4 aromatic rings. The number of halogens is 3. The summed E-state index contributed by atoms with van der Waals surface area (Å²) in [6.45, 7) is 0. The number of hydrogen-bond acceptors (Lipinski definition) is 3. The summed E-state index contributed by atoms with van der Waals surface area (Å²) in [6, 6.07) is 15.0. The van der Waals surface area contributed by atoms with Crippen molar-refractivity contribution in [3.05, 3.63) is 77.9 Å². The molecule has 2 aromatic heterocycles. The van der Waals surface area contributed by atoms with Crippen molar-refractivity contribution in [1.29, 1.82) is 0 Å². The maximum absolute atomic E-state index is 12.9. The smallest absolute Gasteiger partial charge is 0.434 e. The third-order valence-corrected chi connectivity index (χ3v) is 5.23. The summed E-state index contributed by atoms with van der Waals surface area (Å²) in [5.74, 6) is 1.70. The third-order valence-electron chi connectivity index (χ3n) is 5.23. The van der Waals surface area contributed by atoms with Crippen LogP contribution >= 0.6 is 0 Å². The molecular formula is C24H22F3N3O2. The van der Waals surface area contributed by atoms with Crippen LogP contribution in [0, 0.1) is 0 Å². The van der Waals surface area contributed by atoms with Crippen molar-refractivity contribution in [2.45, 2.75) is 12.6 Å². The first-order chi connectivity index (χ1) is 15.3. The van der Waals surface area contributed by atoms with Crippen molar-refractivity contribution in [2.24, 2.45) is 7.05 Å². The molecule has 0 aliphatic heterocycles. The molecule has 32 heavy (non-hydrogen) atoms. The normalized spacial score (nSPS) is 11.6. The molecule has 166 valence electrons. The van der Waals surface area contributed by atoms with Crippen molar-refractivity contribution in [3.8, 4) is 34.0 Å². The van der Waals surface area contributed by atoms with Crippen LogP contribution in [0.5, 0.6) is 11.5 Å². The van der Waals surface area contributed by atoms with Crippen molar-refractivity contribution in [2.75, 3.05) is 14.2 Å². The average molecular weight is 441 g/mol. The molecule has 0 aliphatic carbocycles. The van der Waals surface area contributed by atoms with Crippen LogP contribution in [-0.2, 0) is 19.6 Å². The zero-order valence-corrected chi connectivity index (χ0v) is 17.8. The predicted molar refractivity (Wildman–Crippen MR) is 116 cm³/mol. The number of H-pyrrole nitrogens is 1. The van der Waals surface area contributed by atoms with Gasteiger partial charge < -0.3 is 19.0 Å².